The van der Waals surface area contributed by atoms with Gasteiger partial charge in [0.25, 0.3) is 0 Å². The average Bonchev–Trinajstić information content (AvgIpc) is 3.12. The van der Waals surface area contributed by atoms with Gasteiger partial charge in [0.1, 0.15) is 11.9 Å². The second kappa shape index (κ2) is 7.56. The van der Waals surface area contributed by atoms with E-state index in [1.165, 1.54) is 44.2 Å². The van der Waals surface area contributed by atoms with Crippen LogP contribution >= 0.6 is 0 Å². The highest BCUT2D eigenvalue weighted by Gasteiger charge is 2.30. The molecule has 130 valence electrons. The monoisotopic (exact) mass is 327 g/mol. The summed E-state index contributed by atoms with van der Waals surface area (Å²) in [5.74, 6) is 0.999. The van der Waals surface area contributed by atoms with Gasteiger partial charge in [-0.3, -0.25) is 4.90 Å². The van der Waals surface area contributed by atoms with Crippen LogP contribution in [0.3, 0.4) is 0 Å². The fraction of sp³-hybridized carbons (Fsp3) is 0.650. The maximum atomic E-state index is 6.24. The highest BCUT2D eigenvalue weighted by atomic mass is 16.5. The Kier molecular flexibility index (Phi) is 5.02. The quantitative estimate of drug-likeness (QED) is 0.919. The van der Waals surface area contributed by atoms with Gasteiger partial charge in [0, 0.05) is 25.7 Å². The molecular weight excluding hydrogens is 298 g/mol. The van der Waals surface area contributed by atoms with E-state index in [9.17, 15) is 0 Å². The zero-order valence-electron chi connectivity index (χ0n) is 14.5. The van der Waals surface area contributed by atoms with Crippen LogP contribution in [0, 0.1) is 0 Å². The lowest BCUT2D eigenvalue weighted by Crippen LogP contribution is -2.36. The minimum atomic E-state index is 0.353. The molecule has 2 heterocycles. The van der Waals surface area contributed by atoms with Gasteiger partial charge in [0.15, 0.2) is 0 Å². The van der Waals surface area contributed by atoms with Crippen molar-refractivity contribution >= 4 is 5.71 Å². The molecule has 1 saturated carbocycles. The van der Waals surface area contributed by atoms with Crippen molar-refractivity contribution in [3.8, 4) is 5.75 Å². The summed E-state index contributed by atoms with van der Waals surface area (Å²) in [6, 6.07) is 9.32. The zero-order chi connectivity index (χ0) is 16.2. The van der Waals surface area contributed by atoms with Gasteiger partial charge in [-0.1, -0.05) is 19.3 Å². The molecule has 1 N–H and O–H groups in total. The molecule has 3 aliphatic rings. The molecule has 0 radical (unpaired) electrons. The average molecular weight is 327 g/mol. The molecule has 1 aromatic carbocycles. The van der Waals surface area contributed by atoms with Crippen molar-refractivity contribution in [3.63, 3.8) is 0 Å². The lowest BCUT2D eigenvalue weighted by molar-refractivity contribution is 0.155. The molecule has 24 heavy (non-hydrogen) atoms. The molecular formula is C20H29N3O. The standard InChI is InChI=1S/C20H29N3O/c1-2-5-17(6-3-1)23-14-12-19(15-23)24-18-10-8-16(9-11-18)20-7-4-13-21-22-20/h8-11,17,19,21H,1-7,12-15H2/t19-/m1/s1. The van der Waals surface area contributed by atoms with Crippen LogP contribution in [0.25, 0.3) is 0 Å². The Morgan fingerprint density at radius 1 is 1.00 bits per heavy atom. The van der Waals surface area contributed by atoms with E-state index in [-0.39, 0.29) is 0 Å². The van der Waals surface area contributed by atoms with Gasteiger partial charge in [0.05, 0.1) is 5.71 Å². The number of benzene rings is 1. The van der Waals surface area contributed by atoms with Gasteiger partial charge >= 0.3 is 0 Å². The summed E-state index contributed by atoms with van der Waals surface area (Å²) < 4.78 is 6.24. The molecule has 1 aromatic rings. The fourth-order valence-electron chi connectivity index (χ4n) is 4.30. The Labute approximate surface area is 145 Å². The normalized spacial score (nSPS) is 26.0. The molecule has 0 aromatic heterocycles. The molecule has 1 aliphatic carbocycles. The molecule has 2 fully saturated rings. The molecule has 1 saturated heterocycles. The first-order valence-electron chi connectivity index (χ1n) is 9.69. The number of hydrazone groups is 1. The molecule has 0 amide bonds. The van der Waals surface area contributed by atoms with Crippen LogP contribution in [-0.2, 0) is 0 Å². The van der Waals surface area contributed by atoms with Crippen molar-refractivity contribution in [2.45, 2.75) is 63.5 Å². The Hall–Kier alpha value is -1.55. The number of rotatable bonds is 4. The fourth-order valence-corrected chi connectivity index (χ4v) is 4.30. The predicted octanol–water partition coefficient (Wildman–Crippen LogP) is 3.56. The summed E-state index contributed by atoms with van der Waals surface area (Å²) in [4.78, 5) is 2.67. The minimum Gasteiger partial charge on any atom is -0.489 e. The molecule has 0 spiro atoms. The van der Waals surface area contributed by atoms with Crippen molar-refractivity contribution in [2.24, 2.45) is 5.10 Å². The molecule has 4 heteroatoms. The SMILES string of the molecule is c1cc(C2=NNCCC2)ccc1O[C@@H]1CCN(C2CCCCC2)C1. The number of ether oxygens (including phenoxy) is 1. The van der Waals surface area contributed by atoms with Gasteiger partial charge in [-0.25, -0.2) is 0 Å². The van der Waals surface area contributed by atoms with Crippen molar-refractivity contribution in [1.82, 2.24) is 10.3 Å². The second-order valence-electron chi connectivity index (χ2n) is 7.41. The smallest absolute Gasteiger partial charge is 0.119 e. The topological polar surface area (TPSA) is 36.9 Å². The highest BCUT2D eigenvalue weighted by molar-refractivity contribution is 6.00. The summed E-state index contributed by atoms with van der Waals surface area (Å²) in [7, 11) is 0. The van der Waals surface area contributed by atoms with Crippen molar-refractivity contribution in [2.75, 3.05) is 19.6 Å². The van der Waals surface area contributed by atoms with E-state index in [4.69, 9.17) is 4.74 Å². The number of hydrogen-bond acceptors (Lipinski definition) is 4. The Bertz CT molecular complexity index is 563. The van der Waals surface area contributed by atoms with E-state index < -0.39 is 0 Å². The van der Waals surface area contributed by atoms with Crippen LogP contribution in [-0.4, -0.2) is 42.4 Å². The van der Waals surface area contributed by atoms with Crippen molar-refractivity contribution in [1.29, 1.82) is 0 Å². The van der Waals surface area contributed by atoms with Crippen LogP contribution in [0.4, 0.5) is 0 Å². The van der Waals surface area contributed by atoms with Gasteiger partial charge in [-0.15, -0.1) is 0 Å². The maximum absolute atomic E-state index is 6.24. The van der Waals surface area contributed by atoms with Crippen LogP contribution < -0.4 is 10.2 Å². The number of nitrogens with one attached hydrogen (secondary N) is 1. The summed E-state index contributed by atoms with van der Waals surface area (Å²) in [6.45, 7) is 3.29. The van der Waals surface area contributed by atoms with Crippen LogP contribution in [0.5, 0.6) is 5.75 Å². The number of likely N-dealkylation sites (tertiary alicyclic amines) is 1. The number of nitrogens with zero attached hydrogens (tertiary/aromatic N) is 2. The lowest BCUT2D eigenvalue weighted by Gasteiger charge is -2.30. The molecule has 0 bridgehead atoms. The first-order chi connectivity index (χ1) is 11.9. The van der Waals surface area contributed by atoms with E-state index in [2.05, 4.69) is 39.7 Å². The van der Waals surface area contributed by atoms with E-state index in [1.807, 2.05) is 0 Å². The van der Waals surface area contributed by atoms with Crippen molar-refractivity contribution in [3.05, 3.63) is 29.8 Å². The van der Waals surface area contributed by atoms with E-state index in [0.29, 0.717) is 6.10 Å². The zero-order valence-corrected chi connectivity index (χ0v) is 14.5. The summed E-state index contributed by atoms with van der Waals surface area (Å²) in [5.41, 5.74) is 5.47. The van der Waals surface area contributed by atoms with E-state index in [0.717, 1.165) is 49.9 Å². The van der Waals surface area contributed by atoms with Crippen molar-refractivity contribution < 1.29 is 4.74 Å². The molecule has 4 rings (SSSR count). The first kappa shape index (κ1) is 15.9. The third-order valence-electron chi connectivity index (χ3n) is 5.67. The Morgan fingerprint density at radius 2 is 1.83 bits per heavy atom. The van der Waals surface area contributed by atoms with Gasteiger partial charge in [-0.2, -0.15) is 5.10 Å². The third-order valence-corrected chi connectivity index (χ3v) is 5.67. The molecule has 0 unspecified atom stereocenters. The van der Waals surface area contributed by atoms with Gasteiger partial charge < -0.3 is 10.2 Å². The molecule has 1 atom stereocenters. The van der Waals surface area contributed by atoms with Gasteiger partial charge in [-0.05, 0) is 61.9 Å². The molecule has 2 aliphatic heterocycles. The molecule has 4 nitrogen and oxygen atoms in total. The Morgan fingerprint density at radius 3 is 2.58 bits per heavy atom. The largest absolute Gasteiger partial charge is 0.489 e. The van der Waals surface area contributed by atoms with Crippen LogP contribution in [0.2, 0.25) is 0 Å². The Balaban J connectivity index is 1.31. The summed E-state index contributed by atoms with van der Waals surface area (Å²) in [6.07, 6.45) is 10.8. The van der Waals surface area contributed by atoms with Crippen LogP contribution in [0.15, 0.2) is 29.4 Å². The van der Waals surface area contributed by atoms with E-state index in [1.54, 1.807) is 0 Å². The summed E-state index contributed by atoms with van der Waals surface area (Å²) in [5, 5.41) is 4.41. The minimum absolute atomic E-state index is 0.353. The predicted molar refractivity (Wildman–Crippen MR) is 97.7 cm³/mol. The third kappa shape index (κ3) is 3.75. The maximum Gasteiger partial charge on any atom is 0.119 e. The van der Waals surface area contributed by atoms with Gasteiger partial charge in [0.2, 0.25) is 0 Å². The van der Waals surface area contributed by atoms with E-state index >= 15 is 0 Å². The summed E-state index contributed by atoms with van der Waals surface area (Å²) >= 11 is 0. The number of hydrogen-bond donors (Lipinski definition) is 1. The lowest BCUT2D eigenvalue weighted by atomic mass is 9.94. The first-order valence-corrected chi connectivity index (χ1v) is 9.69. The van der Waals surface area contributed by atoms with Crippen LogP contribution in [0.1, 0.15) is 56.9 Å². The highest BCUT2D eigenvalue weighted by Crippen LogP contribution is 2.27. The second-order valence-corrected chi connectivity index (χ2v) is 7.41.